The number of benzene rings is 2. The standard InChI is InChI=1S/C23H22BrN5O2/c1-5-17-20(15-7-9-16(24)10-8-15)22-27-26-21(14(3)29(22)28-17)23(30)25-18-12-13(2)6-11-19(18)31-4/h6-12H,5H2,1-4H3,(H,25,30). The highest BCUT2D eigenvalue weighted by molar-refractivity contribution is 9.10. The van der Waals surface area contributed by atoms with E-state index in [2.05, 4.69) is 31.4 Å². The van der Waals surface area contributed by atoms with E-state index in [0.29, 0.717) is 22.8 Å². The second kappa shape index (κ2) is 8.47. The second-order valence-corrected chi connectivity index (χ2v) is 8.13. The van der Waals surface area contributed by atoms with Gasteiger partial charge in [-0.2, -0.15) is 5.10 Å². The number of carbonyl (C=O) groups is 1. The summed E-state index contributed by atoms with van der Waals surface area (Å²) in [5, 5.41) is 16.2. The average Bonchev–Trinajstić information content (AvgIpc) is 3.14. The molecule has 4 aromatic rings. The number of aromatic nitrogens is 4. The number of nitrogens with zero attached hydrogens (tertiary/aromatic N) is 4. The number of ether oxygens (including phenoxy) is 1. The summed E-state index contributed by atoms with van der Waals surface area (Å²) in [6.45, 7) is 5.82. The predicted octanol–water partition coefficient (Wildman–Crippen LogP) is 4.99. The van der Waals surface area contributed by atoms with Gasteiger partial charge in [0.25, 0.3) is 5.91 Å². The van der Waals surface area contributed by atoms with Crippen LogP contribution in [0.3, 0.4) is 0 Å². The fraction of sp³-hybridized carbons (Fsp3) is 0.217. The zero-order chi connectivity index (χ0) is 22.1. The molecular weight excluding hydrogens is 458 g/mol. The second-order valence-electron chi connectivity index (χ2n) is 7.21. The molecule has 4 rings (SSSR count). The van der Waals surface area contributed by atoms with Crippen molar-refractivity contribution in [2.75, 3.05) is 12.4 Å². The van der Waals surface area contributed by atoms with Crippen molar-refractivity contribution < 1.29 is 9.53 Å². The van der Waals surface area contributed by atoms with Crippen molar-refractivity contribution in [3.05, 3.63) is 69.6 Å². The first kappa shape index (κ1) is 21.0. The van der Waals surface area contributed by atoms with Crippen LogP contribution in [0, 0.1) is 13.8 Å². The number of halogens is 1. The molecule has 8 heteroatoms. The molecule has 0 aliphatic carbocycles. The van der Waals surface area contributed by atoms with Crippen LogP contribution in [0.1, 0.15) is 34.4 Å². The number of hydrogen-bond acceptors (Lipinski definition) is 5. The van der Waals surface area contributed by atoms with Crippen LogP contribution < -0.4 is 10.1 Å². The highest BCUT2D eigenvalue weighted by atomic mass is 79.9. The Bertz CT molecular complexity index is 1280. The number of anilines is 1. The Labute approximate surface area is 188 Å². The van der Waals surface area contributed by atoms with Gasteiger partial charge in [-0.25, -0.2) is 4.52 Å². The van der Waals surface area contributed by atoms with E-state index in [-0.39, 0.29) is 11.6 Å². The highest BCUT2D eigenvalue weighted by Crippen LogP contribution is 2.30. The molecule has 2 aromatic heterocycles. The minimum absolute atomic E-state index is 0.212. The maximum Gasteiger partial charge on any atom is 0.278 e. The van der Waals surface area contributed by atoms with Crippen LogP contribution in [0.5, 0.6) is 5.75 Å². The first-order chi connectivity index (χ1) is 14.9. The summed E-state index contributed by atoms with van der Waals surface area (Å²) in [5.41, 5.74) is 5.88. The Balaban J connectivity index is 1.77. The average molecular weight is 480 g/mol. The lowest BCUT2D eigenvalue weighted by molar-refractivity contribution is 0.101. The molecule has 158 valence electrons. The monoisotopic (exact) mass is 479 g/mol. The van der Waals surface area contributed by atoms with E-state index >= 15 is 0 Å². The zero-order valence-electron chi connectivity index (χ0n) is 17.7. The van der Waals surface area contributed by atoms with Gasteiger partial charge in [-0.1, -0.05) is 41.1 Å². The normalized spacial score (nSPS) is 11.0. The van der Waals surface area contributed by atoms with Crippen molar-refractivity contribution in [3.63, 3.8) is 0 Å². The summed E-state index contributed by atoms with van der Waals surface area (Å²) >= 11 is 3.47. The molecule has 0 aliphatic rings. The topological polar surface area (TPSA) is 81.4 Å². The number of amides is 1. The van der Waals surface area contributed by atoms with E-state index < -0.39 is 0 Å². The molecule has 0 bridgehead atoms. The molecule has 31 heavy (non-hydrogen) atoms. The SMILES string of the molecule is CCc1nn2c(C)c(C(=O)Nc3cc(C)ccc3OC)nnc2c1-c1ccc(Br)cc1. The summed E-state index contributed by atoms with van der Waals surface area (Å²) in [7, 11) is 1.57. The lowest BCUT2D eigenvalue weighted by Crippen LogP contribution is -2.19. The molecule has 0 saturated carbocycles. The smallest absolute Gasteiger partial charge is 0.278 e. The minimum Gasteiger partial charge on any atom is -0.495 e. The Hall–Kier alpha value is -3.26. The third kappa shape index (κ3) is 3.90. The van der Waals surface area contributed by atoms with Gasteiger partial charge in [-0.3, -0.25) is 4.79 Å². The lowest BCUT2D eigenvalue weighted by Gasteiger charge is -2.11. The maximum atomic E-state index is 13.0. The fourth-order valence-electron chi connectivity index (χ4n) is 3.52. The lowest BCUT2D eigenvalue weighted by atomic mass is 10.0. The summed E-state index contributed by atoms with van der Waals surface area (Å²) in [6, 6.07) is 13.6. The molecule has 0 aliphatic heterocycles. The van der Waals surface area contributed by atoms with Crippen molar-refractivity contribution in [1.82, 2.24) is 19.8 Å². The van der Waals surface area contributed by atoms with Gasteiger partial charge < -0.3 is 10.1 Å². The van der Waals surface area contributed by atoms with Crippen LogP contribution >= 0.6 is 15.9 Å². The third-order valence-corrected chi connectivity index (χ3v) is 5.65. The van der Waals surface area contributed by atoms with Crippen molar-refractivity contribution in [2.24, 2.45) is 0 Å². The summed E-state index contributed by atoms with van der Waals surface area (Å²) in [4.78, 5) is 13.0. The molecule has 0 spiro atoms. The molecule has 0 unspecified atom stereocenters. The van der Waals surface area contributed by atoms with E-state index in [1.807, 2.05) is 63.2 Å². The van der Waals surface area contributed by atoms with Gasteiger partial charge in [-0.15, -0.1) is 10.2 Å². The summed E-state index contributed by atoms with van der Waals surface area (Å²) in [6.07, 6.45) is 0.732. The number of carbonyl (C=O) groups excluding carboxylic acids is 1. The first-order valence-electron chi connectivity index (χ1n) is 9.89. The number of fused-ring (bicyclic) bond motifs is 1. The minimum atomic E-state index is -0.366. The van der Waals surface area contributed by atoms with Gasteiger partial charge in [-0.05, 0) is 55.7 Å². The van der Waals surface area contributed by atoms with Crippen molar-refractivity contribution in [3.8, 4) is 16.9 Å². The van der Waals surface area contributed by atoms with Gasteiger partial charge in [0.2, 0.25) is 0 Å². The van der Waals surface area contributed by atoms with E-state index in [9.17, 15) is 4.79 Å². The van der Waals surface area contributed by atoms with Gasteiger partial charge in [0.15, 0.2) is 11.3 Å². The van der Waals surface area contributed by atoms with E-state index in [4.69, 9.17) is 9.84 Å². The number of methoxy groups -OCH3 is 1. The largest absolute Gasteiger partial charge is 0.495 e. The number of aryl methyl sites for hydroxylation is 3. The first-order valence-corrected chi connectivity index (χ1v) is 10.7. The molecule has 1 amide bonds. The Morgan fingerprint density at radius 1 is 1.13 bits per heavy atom. The van der Waals surface area contributed by atoms with Crippen LogP contribution in [0.25, 0.3) is 16.8 Å². The van der Waals surface area contributed by atoms with Gasteiger partial charge in [0.05, 0.1) is 29.7 Å². The Morgan fingerprint density at radius 2 is 1.87 bits per heavy atom. The van der Waals surface area contributed by atoms with Crippen LogP contribution in [0.2, 0.25) is 0 Å². The maximum absolute atomic E-state index is 13.0. The van der Waals surface area contributed by atoms with Crippen molar-refractivity contribution in [2.45, 2.75) is 27.2 Å². The molecule has 2 aromatic carbocycles. The number of hydrogen-bond donors (Lipinski definition) is 1. The molecule has 0 saturated heterocycles. The Morgan fingerprint density at radius 3 is 2.55 bits per heavy atom. The third-order valence-electron chi connectivity index (χ3n) is 5.12. The van der Waals surface area contributed by atoms with Crippen molar-refractivity contribution in [1.29, 1.82) is 0 Å². The molecule has 0 radical (unpaired) electrons. The van der Waals surface area contributed by atoms with E-state index in [0.717, 1.165) is 33.3 Å². The van der Waals surface area contributed by atoms with Gasteiger partial charge >= 0.3 is 0 Å². The van der Waals surface area contributed by atoms with E-state index in [1.165, 1.54) is 0 Å². The van der Waals surface area contributed by atoms with Crippen LogP contribution in [-0.2, 0) is 6.42 Å². The Kier molecular flexibility index (Phi) is 5.73. The van der Waals surface area contributed by atoms with Crippen molar-refractivity contribution >= 4 is 33.2 Å². The molecule has 2 heterocycles. The quantitative estimate of drug-likeness (QED) is 0.435. The van der Waals surface area contributed by atoms with Gasteiger partial charge in [0, 0.05) is 4.47 Å². The zero-order valence-corrected chi connectivity index (χ0v) is 19.3. The molecule has 1 N–H and O–H groups in total. The number of nitrogens with one attached hydrogen (secondary N) is 1. The summed E-state index contributed by atoms with van der Waals surface area (Å²) < 4.78 is 8.06. The van der Waals surface area contributed by atoms with Crippen LogP contribution in [0.15, 0.2) is 46.9 Å². The fourth-order valence-corrected chi connectivity index (χ4v) is 3.78. The molecule has 7 nitrogen and oxygen atoms in total. The van der Waals surface area contributed by atoms with Gasteiger partial charge in [0.1, 0.15) is 5.75 Å². The molecule has 0 fully saturated rings. The summed E-state index contributed by atoms with van der Waals surface area (Å²) in [5.74, 6) is 0.213. The highest BCUT2D eigenvalue weighted by Gasteiger charge is 2.22. The van der Waals surface area contributed by atoms with Crippen LogP contribution in [0.4, 0.5) is 5.69 Å². The predicted molar refractivity (Wildman–Crippen MR) is 124 cm³/mol. The van der Waals surface area contributed by atoms with E-state index in [1.54, 1.807) is 11.6 Å². The molecular formula is C23H22BrN5O2. The number of rotatable bonds is 5. The molecule has 0 atom stereocenters. The van der Waals surface area contributed by atoms with Crippen LogP contribution in [-0.4, -0.2) is 32.8 Å².